The van der Waals surface area contributed by atoms with Gasteiger partial charge in [0.1, 0.15) is 5.75 Å². The zero-order valence-corrected chi connectivity index (χ0v) is 16.1. The maximum absolute atomic E-state index is 9.91. The molecular formula is C16H21NaO5S. The maximum atomic E-state index is 9.91. The van der Waals surface area contributed by atoms with Crippen LogP contribution in [0.5, 0.6) is 5.75 Å². The van der Waals surface area contributed by atoms with E-state index in [1.807, 2.05) is 24.3 Å². The number of para-hydroxylation sites is 1. The number of phenols is 1. The summed E-state index contributed by atoms with van der Waals surface area (Å²) in [6.07, 6.45) is 3.45. The normalized spacial score (nSPS) is 10.2. The Kier molecular flexibility index (Phi) is 10.4. The third-order valence-electron chi connectivity index (χ3n) is 3.01. The smallest absolute Gasteiger partial charge is 1.00 e. The number of aromatic hydroxyl groups is 1. The number of hydrogen-bond acceptors (Lipinski definition) is 3. The van der Waals surface area contributed by atoms with E-state index < -0.39 is 10.4 Å². The summed E-state index contributed by atoms with van der Waals surface area (Å²) in [6.45, 7) is 2.20. The van der Waals surface area contributed by atoms with Gasteiger partial charge in [-0.05, 0) is 30.0 Å². The van der Waals surface area contributed by atoms with Crippen LogP contribution in [-0.2, 0) is 16.8 Å². The molecule has 0 fully saturated rings. The van der Waals surface area contributed by atoms with E-state index in [-0.39, 0.29) is 31.0 Å². The summed E-state index contributed by atoms with van der Waals surface area (Å²) < 4.78 is 31.6. The Bertz CT molecular complexity index is 699. The fraction of sp³-hybridized carbons (Fsp3) is 0.250. The van der Waals surface area contributed by atoms with Crippen LogP contribution in [0.25, 0.3) is 11.1 Å². The van der Waals surface area contributed by atoms with Crippen LogP contribution in [0, 0.1) is 0 Å². The second-order valence-electron chi connectivity index (χ2n) is 4.73. The quantitative estimate of drug-likeness (QED) is 0.563. The summed E-state index contributed by atoms with van der Waals surface area (Å²) >= 11 is 0. The first-order valence-electron chi connectivity index (χ1n) is 6.89. The molecule has 23 heavy (non-hydrogen) atoms. The fourth-order valence-electron chi connectivity index (χ4n) is 2.07. The first-order valence-corrected chi connectivity index (χ1v) is 8.28. The monoisotopic (exact) mass is 348 g/mol. The second-order valence-corrected chi connectivity index (χ2v) is 5.62. The molecule has 2 aromatic carbocycles. The third-order valence-corrected chi connectivity index (χ3v) is 3.01. The van der Waals surface area contributed by atoms with Gasteiger partial charge in [-0.3, -0.25) is 9.11 Å². The average molecular weight is 348 g/mol. The Hall–Kier alpha value is -0.890. The van der Waals surface area contributed by atoms with Crippen LogP contribution in [-0.4, -0.2) is 22.6 Å². The summed E-state index contributed by atoms with van der Waals surface area (Å²) in [5, 5.41) is 9.91. The third kappa shape index (κ3) is 9.10. The molecule has 0 heterocycles. The summed E-state index contributed by atoms with van der Waals surface area (Å²) in [5.74, 6) is 0.358. The Morgan fingerprint density at radius 3 is 1.96 bits per heavy atom. The number of benzene rings is 2. The van der Waals surface area contributed by atoms with Crippen molar-refractivity contribution in [3.63, 3.8) is 0 Å². The summed E-state index contributed by atoms with van der Waals surface area (Å²) in [5.41, 5.74) is 3.40. The Morgan fingerprint density at radius 1 is 0.957 bits per heavy atom. The van der Waals surface area contributed by atoms with E-state index in [2.05, 4.69) is 25.1 Å². The zero-order valence-electron chi connectivity index (χ0n) is 14.3. The van der Waals surface area contributed by atoms with Gasteiger partial charge < -0.3 is 6.53 Å². The molecule has 122 valence electrons. The minimum Gasteiger partial charge on any atom is -1.00 e. The van der Waals surface area contributed by atoms with E-state index in [0.29, 0.717) is 5.75 Å². The molecule has 0 aromatic heterocycles. The molecule has 0 bridgehead atoms. The van der Waals surface area contributed by atoms with Crippen molar-refractivity contribution < 1.29 is 53.6 Å². The predicted molar refractivity (Wildman–Crippen MR) is 87.4 cm³/mol. The van der Waals surface area contributed by atoms with Crippen LogP contribution in [0.4, 0.5) is 0 Å². The second kappa shape index (κ2) is 10.8. The summed E-state index contributed by atoms with van der Waals surface area (Å²) in [6, 6.07) is 15.9. The number of rotatable bonds is 4. The molecule has 0 unspecified atom stereocenters. The van der Waals surface area contributed by atoms with Crippen LogP contribution >= 0.6 is 0 Å². The zero-order chi connectivity index (χ0) is 16.6. The molecule has 0 atom stereocenters. The van der Waals surface area contributed by atoms with Gasteiger partial charge in [-0.15, -0.1) is 0 Å². The minimum absolute atomic E-state index is 0. The van der Waals surface area contributed by atoms with Crippen LogP contribution < -0.4 is 29.6 Å². The molecule has 0 aliphatic heterocycles. The molecule has 0 saturated heterocycles. The van der Waals surface area contributed by atoms with Gasteiger partial charge in [-0.2, -0.15) is 8.42 Å². The molecule has 0 spiro atoms. The predicted octanol–water partition coefficient (Wildman–Crippen LogP) is 0.866. The number of hydrogen-bond donors (Lipinski definition) is 3. The van der Waals surface area contributed by atoms with E-state index in [9.17, 15) is 5.11 Å². The minimum atomic E-state index is -4.67. The molecule has 2 rings (SSSR count). The van der Waals surface area contributed by atoms with Crippen LogP contribution in [0.3, 0.4) is 0 Å². The topological polar surface area (TPSA) is 94.8 Å². The van der Waals surface area contributed by atoms with Crippen molar-refractivity contribution in [1.29, 1.82) is 0 Å². The van der Waals surface area contributed by atoms with Gasteiger partial charge in [-0.25, -0.2) is 0 Å². The molecule has 0 amide bonds. The van der Waals surface area contributed by atoms with Crippen molar-refractivity contribution in [3.8, 4) is 16.9 Å². The Balaban J connectivity index is 0. The number of unbranched alkanes of at least 4 members (excludes halogenated alkanes) is 1. The van der Waals surface area contributed by atoms with Gasteiger partial charge in [0.25, 0.3) is 0 Å². The van der Waals surface area contributed by atoms with Crippen molar-refractivity contribution in [1.82, 2.24) is 0 Å². The van der Waals surface area contributed by atoms with Gasteiger partial charge in [-0.1, -0.05) is 55.8 Å². The molecule has 5 nitrogen and oxygen atoms in total. The largest absolute Gasteiger partial charge is 1.00 e. The van der Waals surface area contributed by atoms with E-state index in [0.717, 1.165) is 17.5 Å². The van der Waals surface area contributed by atoms with Crippen molar-refractivity contribution in [2.75, 3.05) is 0 Å². The molecular weight excluding hydrogens is 327 g/mol. The van der Waals surface area contributed by atoms with Crippen molar-refractivity contribution in [2.24, 2.45) is 0 Å². The van der Waals surface area contributed by atoms with Crippen molar-refractivity contribution in [2.45, 2.75) is 26.2 Å². The maximum Gasteiger partial charge on any atom is 1.00 e. The van der Waals surface area contributed by atoms with Gasteiger partial charge in [0.05, 0.1) is 0 Å². The van der Waals surface area contributed by atoms with E-state index in [4.69, 9.17) is 17.5 Å². The van der Waals surface area contributed by atoms with Crippen molar-refractivity contribution in [3.05, 3.63) is 54.1 Å². The molecule has 3 N–H and O–H groups in total. The molecule has 7 heteroatoms. The standard InChI is InChI=1S/C16H18O.Na.H2O4S.H/c1-2-3-8-13-9-4-5-10-14(13)15-11-6-7-12-16(15)17;;1-5(2,3)4;/h4-7,9-12,17H,2-3,8H2,1H3;;(H2,1,2,3,4);/q;+1;;-1. The van der Waals surface area contributed by atoms with E-state index >= 15 is 0 Å². The molecule has 0 saturated carbocycles. The van der Waals surface area contributed by atoms with Gasteiger partial charge in [0.2, 0.25) is 0 Å². The van der Waals surface area contributed by atoms with Gasteiger partial charge in [0, 0.05) is 5.56 Å². The molecule has 2 aromatic rings. The molecule has 0 aliphatic carbocycles. The van der Waals surface area contributed by atoms with Gasteiger partial charge in [0.15, 0.2) is 0 Å². The van der Waals surface area contributed by atoms with Crippen LogP contribution in [0.15, 0.2) is 48.5 Å². The fourth-order valence-corrected chi connectivity index (χ4v) is 2.07. The van der Waals surface area contributed by atoms with E-state index in [1.165, 1.54) is 18.4 Å². The first-order chi connectivity index (χ1) is 10.3. The average Bonchev–Trinajstić information content (AvgIpc) is 2.44. The molecule has 0 radical (unpaired) electrons. The van der Waals surface area contributed by atoms with Crippen molar-refractivity contribution >= 4 is 10.4 Å². The first kappa shape index (κ1) is 22.1. The van der Waals surface area contributed by atoms with Gasteiger partial charge >= 0.3 is 40.0 Å². The van der Waals surface area contributed by atoms with E-state index in [1.54, 1.807) is 6.07 Å². The Morgan fingerprint density at radius 2 is 1.43 bits per heavy atom. The van der Waals surface area contributed by atoms with Crippen LogP contribution in [0.2, 0.25) is 0 Å². The number of phenolic OH excluding ortho intramolecular Hbond substituents is 1. The Labute approximate surface area is 160 Å². The summed E-state index contributed by atoms with van der Waals surface area (Å²) in [7, 11) is -4.67. The SMILES string of the molecule is CCCCc1ccccc1-c1ccccc1O.O=S(=O)(O)O.[H-].[Na+]. The number of aryl methyl sites for hydroxylation is 1. The van der Waals surface area contributed by atoms with Crippen LogP contribution in [0.1, 0.15) is 26.8 Å². The molecule has 0 aliphatic rings. The summed E-state index contributed by atoms with van der Waals surface area (Å²) in [4.78, 5) is 0.